The van der Waals surface area contributed by atoms with Crippen LogP contribution in [-0.4, -0.2) is 6.61 Å². The molecule has 34 heavy (non-hydrogen) atoms. The highest BCUT2D eigenvalue weighted by molar-refractivity contribution is 5.30. The second kappa shape index (κ2) is 15.2. The summed E-state index contributed by atoms with van der Waals surface area (Å²) in [7, 11) is 0. The van der Waals surface area contributed by atoms with E-state index in [1.165, 1.54) is 94.6 Å². The molecule has 1 aliphatic rings. The van der Waals surface area contributed by atoms with E-state index in [2.05, 4.69) is 35.9 Å². The van der Waals surface area contributed by atoms with Gasteiger partial charge in [-0.05, 0) is 79.2 Å². The molecule has 3 heteroatoms. The number of ether oxygens (including phenoxy) is 1. The number of rotatable bonds is 15. The van der Waals surface area contributed by atoms with Crippen LogP contribution in [0.4, 0.5) is 8.78 Å². The van der Waals surface area contributed by atoms with Gasteiger partial charge in [-0.25, -0.2) is 0 Å². The third-order valence-corrected chi connectivity index (χ3v) is 7.61. The van der Waals surface area contributed by atoms with Gasteiger partial charge in [0.1, 0.15) is 5.75 Å². The molecule has 3 rings (SSSR count). The van der Waals surface area contributed by atoms with E-state index in [-0.39, 0.29) is 5.75 Å². The van der Waals surface area contributed by atoms with Crippen LogP contribution in [0.15, 0.2) is 48.5 Å². The van der Waals surface area contributed by atoms with Crippen LogP contribution in [0.25, 0.3) is 0 Å². The Morgan fingerprint density at radius 1 is 0.706 bits per heavy atom. The minimum Gasteiger partial charge on any atom is -0.435 e. The molecular formula is C31H44F2O. The van der Waals surface area contributed by atoms with Crippen molar-refractivity contribution in [2.24, 2.45) is 5.92 Å². The average molecular weight is 471 g/mol. The lowest BCUT2D eigenvalue weighted by Crippen LogP contribution is -2.13. The molecule has 1 nitrogen and oxygen atoms in total. The summed E-state index contributed by atoms with van der Waals surface area (Å²) in [6.45, 7) is -0.484. The van der Waals surface area contributed by atoms with Gasteiger partial charge in [-0.15, -0.1) is 0 Å². The van der Waals surface area contributed by atoms with Crippen molar-refractivity contribution in [2.45, 2.75) is 116 Å². The van der Waals surface area contributed by atoms with Gasteiger partial charge >= 0.3 is 6.61 Å². The topological polar surface area (TPSA) is 9.23 Å². The quantitative estimate of drug-likeness (QED) is 0.235. The summed E-state index contributed by atoms with van der Waals surface area (Å²) in [5.41, 5.74) is 3.98. The molecule has 2 aromatic carbocycles. The van der Waals surface area contributed by atoms with E-state index in [0.717, 1.165) is 30.2 Å². The van der Waals surface area contributed by atoms with Crippen LogP contribution in [0, 0.1) is 5.92 Å². The van der Waals surface area contributed by atoms with Gasteiger partial charge in [0.25, 0.3) is 0 Å². The molecule has 0 N–H and O–H groups in total. The minimum absolute atomic E-state index is 0.218. The van der Waals surface area contributed by atoms with Crippen molar-refractivity contribution in [3.05, 3.63) is 65.2 Å². The normalized spacial score (nSPS) is 18.4. The fraction of sp³-hybridized carbons (Fsp3) is 0.613. The molecule has 0 aliphatic heterocycles. The summed E-state index contributed by atoms with van der Waals surface area (Å²) in [4.78, 5) is 0. The molecule has 0 bridgehead atoms. The van der Waals surface area contributed by atoms with Crippen LogP contribution in [0.2, 0.25) is 0 Å². The predicted molar refractivity (Wildman–Crippen MR) is 139 cm³/mol. The molecule has 0 saturated heterocycles. The van der Waals surface area contributed by atoms with Crippen molar-refractivity contribution >= 4 is 0 Å². The third kappa shape index (κ3) is 9.76. The van der Waals surface area contributed by atoms with Gasteiger partial charge in [-0.2, -0.15) is 8.78 Å². The van der Waals surface area contributed by atoms with Gasteiger partial charge in [0.05, 0.1) is 0 Å². The summed E-state index contributed by atoms with van der Waals surface area (Å²) in [6.07, 6.45) is 20.1. The Kier molecular flexibility index (Phi) is 11.9. The number of unbranched alkanes of at least 4 members (excludes halogenated alkanes) is 7. The van der Waals surface area contributed by atoms with Gasteiger partial charge in [-0.1, -0.05) is 101 Å². The number of hydrogen-bond donors (Lipinski definition) is 0. The number of alkyl halides is 2. The Morgan fingerprint density at radius 3 is 1.79 bits per heavy atom. The number of halogens is 2. The van der Waals surface area contributed by atoms with E-state index >= 15 is 0 Å². The molecule has 1 saturated carbocycles. The fourth-order valence-electron chi connectivity index (χ4n) is 5.43. The number of benzene rings is 2. The summed E-state index contributed by atoms with van der Waals surface area (Å²) >= 11 is 0. The number of hydrogen-bond acceptors (Lipinski definition) is 1. The first kappa shape index (κ1) is 26.7. The largest absolute Gasteiger partial charge is 0.435 e. The summed E-state index contributed by atoms with van der Waals surface area (Å²) in [5.74, 6) is 1.90. The molecule has 1 fully saturated rings. The highest BCUT2D eigenvalue weighted by Gasteiger charge is 2.22. The Bertz CT molecular complexity index is 776. The second-order valence-electron chi connectivity index (χ2n) is 10.2. The van der Waals surface area contributed by atoms with Crippen molar-refractivity contribution in [1.29, 1.82) is 0 Å². The molecule has 188 valence electrons. The molecule has 0 radical (unpaired) electrons. The molecule has 1 aliphatic carbocycles. The van der Waals surface area contributed by atoms with Gasteiger partial charge in [0.2, 0.25) is 0 Å². The molecular weight excluding hydrogens is 426 g/mol. The lowest BCUT2D eigenvalue weighted by Gasteiger charge is -2.29. The molecule has 0 spiro atoms. The molecule has 0 amide bonds. The van der Waals surface area contributed by atoms with E-state index in [1.807, 2.05) is 12.1 Å². The fourth-order valence-corrected chi connectivity index (χ4v) is 5.43. The zero-order valence-electron chi connectivity index (χ0n) is 21.1. The van der Waals surface area contributed by atoms with E-state index in [9.17, 15) is 8.78 Å². The predicted octanol–water partition coefficient (Wildman–Crippen LogP) is 9.88. The minimum atomic E-state index is -2.77. The standard InChI is InChI=1S/C31H44F2O/c1-2-3-4-5-6-7-8-9-10-25-13-19-28(20-14-25)29-21-15-26(16-22-29)11-12-27-17-23-30(24-18-27)34-31(32)33/h15-18,21-25,28,31H,2-14,19-20H2,1H3/t25-,28-. The van der Waals surface area contributed by atoms with Crippen LogP contribution < -0.4 is 4.74 Å². The van der Waals surface area contributed by atoms with Crippen molar-refractivity contribution in [2.75, 3.05) is 0 Å². The molecule has 0 heterocycles. The smallest absolute Gasteiger partial charge is 0.387 e. The van der Waals surface area contributed by atoms with E-state index in [4.69, 9.17) is 0 Å². The zero-order chi connectivity index (χ0) is 24.0. The lowest BCUT2D eigenvalue weighted by molar-refractivity contribution is -0.0498. The first-order valence-electron chi connectivity index (χ1n) is 13.8. The van der Waals surface area contributed by atoms with Gasteiger partial charge in [0, 0.05) is 0 Å². The van der Waals surface area contributed by atoms with Crippen LogP contribution in [0.1, 0.15) is 113 Å². The van der Waals surface area contributed by atoms with Crippen molar-refractivity contribution in [3.63, 3.8) is 0 Å². The second-order valence-corrected chi connectivity index (χ2v) is 10.2. The van der Waals surface area contributed by atoms with Gasteiger partial charge < -0.3 is 4.74 Å². The maximum atomic E-state index is 12.3. The Labute approximate surface area is 206 Å². The van der Waals surface area contributed by atoms with Crippen molar-refractivity contribution in [1.82, 2.24) is 0 Å². The van der Waals surface area contributed by atoms with Crippen LogP contribution in [-0.2, 0) is 12.8 Å². The highest BCUT2D eigenvalue weighted by atomic mass is 19.3. The number of aryl methyl sites for hydroxylation is 2. The Hall–Kier alpha value is -1.90. The van der Waals surface area contributed by atoms with Crippen molar-refractivity contribution < 1.29 is 13.5 Å². The molecule has 0 unspecified atom stereocenters. The maximum Gasteiger partial charge on any atom is 0.387 e. The first-order chi connectivity index (χ1) is 16.6. The maximum absolute atomic E-state index is 12.3. The van der Waals surface area contributed by atoms with Crippen LogP contribution in [0.3, 0.4) is 0 Å². The summed E-state index contributed by atoms with van der Waals surface area (Å²) in [5, 5.41) is 0. The Morgan fingerprint density at radius 2 is 1.24 bits per heavy atom. The van der Waals surface area contributed by atoms with E-state index < -0.39 is 6.61 Å². The summed E-state index contributed by atoms with van der Waals surface area (Å²) < 4.78 is 29.0. The average Bonchev–Trinajstić information content (AvgIpc) is 2.86. The summed E-state index contributed by atoms with van der Waals surface area (Å²) in [6, 6.07) is 16.2. The van der Waals surface area contributed by atoms with Gasteiger partial charge in [-0.3, -0.25) is 0 Å². The molecule has 0 atom stereocenters. The van der Waals surface area contributed by atoms with Crippen LogP contribution >= 0.6 is 0 Å². The lowest BCUT2D eigenvalue weighted by atomic mass is 9.77. The van der Waals surface area contributed by atoms with Crippen molar-refractivity contribution in [3.8, 4) is 5.75 Å². The van der Waals surface area contributed by atoms with E-state index in [0.29, 0.717) is 0 Å². The van der Waals surface area contributed by atoms with Crippen LogP contribution in [0.5, 0.6) is 5.75 Å². The monoisotopic (exact) mass is 470 g/mol. The van der Waals surface area contributed by atoms with E-state index in [1.54, 1.807) is 12.1 Å². The molecule has 2 aromatic rings. The first-order valence-corrected chi connectivity index (χ1v) is 13.8. The Balaban J connectivity index is 1.31. The highest BCUT2D eigenvalue weighted by Crippen LogP contribution is 2.38. The zero-order valence-corrected chi connectivity index (χ0v) is 21.1. The third-order valence-electron chi connectivity index (χ3n) is 7.61. The molecule has 0 aromatic heterocycles. The van der Waals surface area contributed by atoms with Gasteiger partial charge in [0.15, 0.2) is 0 Å². The SMILES string of the molecule is CCCCCCCCCC[C@H]1CC[C@H](c2ccc(CCc3ccc(OC(F)F)cc3)cc2)CC1.